The van der Waals surface area contributed by atoms with Crippen LogP contribution in [0.15, 0.2) is 36.0 Å². The summed E-state index contributed by atoms with van der Waals surface area (Å²) in [5, 5.41) is 8.65. The molecule has 0 saturated heterocycles. The number of benzene rings is 1. The van der Waals surface area contributed by atoms with Crippen molar-refractivity contribution in [3.05, 3.63) is 36.0 Å². The summed E-state index contributed by atoms with van der Waals surface area (Å²) in [5.41, 5.74) is 2.48. The van der Waals surface area contributed by atoms with Crippen molar-refractivity contribution in [2.75, 3.05) is 17.2 Å². The first-order valence-corrected chi connectivity index (χ1v) is 6.21. The minimum Gasteiger partial charge on any atom is -0.357 e. The molecule has 0 atom stereocenters. The highest BCUT2D eigenvalue weighted by molar-refractivity contribution is 5.93. The Kier molecular flexibility index (Phi) is 3.85. The number of nitrogens with one attached hydrogen (secondary N) is 3. The zero-order valence-electron chi connectivity index (χ0n) is 11.0. The van der Waals surface area contributed by atoms with Crippen molar-refractivity contribution in [2.24, 2.45) is 5.92 Å². The van der Waals surface area contributed by atoms with E-state index in [1.54, 1.807) is 0 Å². The largest absolute Gasteiger partial charge is 0.357 e. The smallest absolute Gasteiger partial charge is 0.246 e. The average Bonchev–Trinajstić information content (AvgIpc) is 2.77. The fourth-order valence-corrected chi connectivity index (χ4v) is 1.63. The van der Waals surface area contributed by atoms with Gasteiger partial charge in [-0.15, -0.1) is 0 Å². The number of rotatable bonds is 4. The molecule has 100 valence electrons. The summed E-state index contributed by atoms with van der Waals surface area (Å²) < 4.78 is 0. The number of anilines is 2. The molecule has 2 rings (SSSR count). The van der Waals surface area contributed by atoms with Crippen LogP contribution in [0.1, 0.15) is 13.8 Å². The van der Waals surface area contributed by atoms with Crippen molar-refractivity contribution in [2.45, 2.75) is 13.8 Å². The van der Waals surface area contributed by atoms with Gasteiger partial charge in [0.1, 0.15) is 0 Å². The molecule has 1 aliphatic heterocycles. The summed E-state index contributed by atoms with van der Waals surface area (Å²) in [6.07, 6.45) is 1.54. The maximum Gasteiger partial charge on any atom is 0.246 e. The molecule has 0 aromatic heterocycles. The van der Waals surface area contributed by atoms with Gasteiger partial charge in [-0.2, -0.15) is 0 Å². The van der Waals surface area contributed by atoms with Crippen LogP contribution in [-0.4, -0.2) is 18.4 Å². The van der Waals surface area contributed by atoms with Gasteiger partial charge < -0.3 is 16.0 Å². The fraction of sp³-hybridized carbons (Fsp3) is 0.286. The molecule has 0 saturated carbocycles. The predicted octanol–water partition coefficient (Wildman–Crippen LogP) is 1.71. The van der Waals surface area contributed by atoms with Crippen molar-refractivity contribution in [3.8, 4) is 0 Å². The van der Waals surface area contributed by atoms with Gasteiger partial charge in [0.05, 0.1) is 6.54 Å². The standard InChI is InChI=1S/C14H17N3O2/c1-9(2)14(19)17-11-5-3-10(4-6-11)16-12-7-13(18)15-8-12/h3-7,9,16H,8H2,1-2H3,(H,15,18)(H,17,19). The predicted molar refractivity (Wildman–Crippen MR) is 74.6 cm³/mol. The Bertz CT molecular complexity index is 518. The second-order valence-corrected chi connectivity index (χ2v) is 4.73. The molecule has 1 aromatic rings. The van der Waals surface area contributed by atoms with Crippen molar-refractivity contribution in [1.29, 1.82) is 0 Å². The van der Waals surface area contributed by atoms with Crippen LogP contribution in [0, 0.1) is 5.92 Å². The summed E-state index contributed by atoms with van der Waals surface area (Å²) in [6, 6.07) is 7.37. The zero-order chi connectivity index (χ0) is 13.8. The Hall–Kier alpha value is -2.30. The highest BCUT2D eigenvalue weighted by atomic mass is 16.2. The Labute approximate surface area is 112 Å². The van der Waals surface area contributed by atoms with Gasteiger partial charge in [0.2, 0.25) is 11.8 Å². The Morgan fingerprint density at radius 1 is 1.21 bits per heavy atom. The van der Waals surface area contributed by atoms with Crippen molar-refractivity contribution < 1.29 is 9.59 Å². The van der Waals surface area contributed by atoms with Crippen LogP contribution in [-0.2, 0) is 9.59 Å². The van der Waals surface area contributed by atoms with Crippen LogP contribution in [0.25, 0.3) is 0 Å². The molecule has 0 unspecified atom stereocenters. The first kappa shape index (κ1) is 13.1. The molecular weight excluding hydrogens is 242 g/mol. The van der Waals surface area contributed by atoms with E-state index in [9.17, 15) is 9.59 Å². The van der Waals surface area contributed by atoms with E-state index in [1.165, 1.54) is 6.08 Å². The molecule has 2 amide bonds. The van der Waals surface area contributed by atoms with Gasteiger partial charge in [-0.3, -0.25) is 9.59 Å². The van der Waals surface area contributed by atoms with E-state index in [-0.39, 0.29) is 17.7 Å². The molecule has 0 aliphatic carbocycles. The molecule has 1 aromatic carbocycles. The van der Waals surface area contributed by atoms with Gasteiger partial charge in [0, 0.05) is 29.1 Å². The lowest BCUT2D eigenvalue weighted by molar-refractivity contribution is -0.119. The number of carbonyl (C=O) groups is 2. The SMILES string of the molecule is CC(C)C(=O)Nc1ccc(NC2=CC(=O)NC2)cc1. The third kappa shape index (κ3) is 3.58. The molecule has 0 spiro atoms. The Morgan fingerprint density at radius 3 is 2.37 bits per heavy atom. The zero-order valence-corrected chi connectivity index (χ0v) is 11.0. The molecular formula is C14H17N3O2. The third-order valence-corrected chi connectivity index (χ3v) is 2.74. The van der Waals surface area contributed by atoms with Crippen LogP contribution < -0.4 is 16.0 Å². The summed E-state index contributed by atoms with van der Waals surface area (Å²) in [7, 11) is 0. The van der Waals surface area contributed by atoms with E-state index in [1.807, 2.05) is 38.1 Å². The average molecular weight is 259 g/mol. The topological polar surface area (TPSA) is 70.2 Å². The van der Waals surface area contributed by atoms with Gasteiger partial charge >= 0.3 is 0 Å². The van der Waals surface area contributed by atoms with Crippen LogP contribution >= 0.6 is 0 Å². The quantitative estimate of drug-likeness (QED) is 0.771. The molecule has 5 nitrogen and oxygen atoms in total. The monoisotopic (exact) mass is 259 g/mol. The molecule has 3 N–H and O–H groups in total. The van der Waals surface area contributed by atoms with Gasteiger partial charge in [-0.25, -0.2) is 0 Å². The van der Waals surface area contributed by atoms with E-state index in [2.05, 4.69) is 16.0 Å². The van der Waals surface area contributed by atoms with Gasteiger partial charge in [0.15, 0.2) is 0 Å². The van der Waals surface area contributed by atoms with Crippen LogP contribution in [0.3, 0.4) is 0 Å². The van der Waals surface area contributed by atoms with E-state index in [0.29, 0.717) is 6.54 Å². The number of hydrogen-bond donors (Lipinski definition) is 3. The van der Waals surface area contributed by atoms with Crippen LogP contribution in [0.2, 0.25) is 0 Å². The molecule has 1 heterocycles. The minimum absolute atomic E-state index is 0.00555. The van der Waals surface area contributed by atoms with E-state index < -0.39 is 0 Å². The maximum atomic E-state index is 11.5. The number of amides is 2. The number of carbonyl (C=O) groups excluding carboxylic acids is 2. The highest BCUT2D eigenvalue weighted by Crippen LogP contribution is 2.16. The Morgan fingerprint density at radius 2 is 1.84 bits per heavy atom. The first-order chi connectivity index (χ1) is 9.04. The van der Waals surface area contributed by atoms with E-state index >= 15 is 0 Å². The highest BCUT2D eigenvalue weighted by Gasteiger charge is 2.10. The normalized spacial score (nSPS) is 14.1. The van der Waals surface area contributed by atoms with Crippen molar-refractivity contribution in [3.63, 3.8) is 0 Å². The first-order valence-electron chi connectivity index (χ1n) is 6.21. The maximum absolute atomic E-state index is 11.5. The molecule has 1 aliphatic rings. The lowest BCUT2D eigenvalue weighted by Crippen LogP contribution is -2.17. The van der Waals surface area contributed by atoms with Gasteiger partial charge in [-0.05, 0) is 24.3 Å². The van der Waals surface area contributed by atoms with E-state index in [0.717, 1.165) is 17.1 Å². The molecule has 0 radical (unpaired) electrons. The third-order valence-electron chi connectivity index (χ3n) is 2.74. The summed E-state index contributed by atoms with van der Waals surface area (Å²) in [4.78, 5) is 22.5. The summed E-state index contributed by atoms with van der Waals surface area (Å²) >= 11 is 0. The Balaban J connectivity index is 1.97. The second-order valence-electron chi connectivity index (χ2n) is 4.73. The molecule has 19 heavy (non-hydrogen) atoms. The lowest BCUT2D eigenvalue weighted by atomic mass is 10.2. The molecule has 5 heteroatoms. The van der Waals surface area contributed by atoms with E-state index in [4.69, 9.17) is 0 Å². The summed E-state index contributed by atoms with van der Waals surface area (Å²) in [6.45, 7) is 4.22. The van der Waals surface area contributed by atoms with Crippen molar-refractivity contribution in [1.82, 2.24) is 5.32 Å². The van der Waals surface area contributed by atoms with Crippen LogP contribution in [0.5, 0.6) is 0 Å². The van der Waals surface area contributed by atoms with Crippen LogP contribution in [0.4, 0.5) is 11.4 Å². The van der Waals surface area contributed by atoms with Gasteiger partial charge in [0.25, 0.3) is 0 Å². The molecule has 0 bridgehead atoms. The van der Waals surface area contributed by atoms with Gasteiger partial charge in [-0.1, -0.05) is 13.8 Å². The lowest BCUT2D eigenvalue weighted by Gasteiger charge is -2.10. The second kappa shape index (κ2) is 5.56. The minimum atomic E-state index is -0.0803. The number of hydrogen-bond acceptors (Lipinski definition) is 3. The fourth-order valence-electron chi connectivity index (χ4n) is 1.63. The summed E-state index contributed by atoms with van der Waals surface area (Å²) in [5.74, 6) is -0.129. The van der Waals surface area contributed by atoms with Crippen molar-refractivity contribution >= 4 is 23.2 Å². The molecule has 0 fully saturated rings.